The van der Waals surface area contributed by atoms with Crippen LogP contribution in [0, 0.1) is 24.6 Å². The second kappa shape index (κ2) is 9.35. The Hall–Kier alpha value is -2.97. The molecule has 5 rings (SSSR count). The minimum atomic E-state index is -0.234. The van der Waals surface area contributed by atoms with Crippen LogP contribution in [0.2, 0.25) is 0 Å². The summed E-state index contributed by atoms with van der Waals surface area (Å²) in [6.07, 6.45) is 2.46. The number of aromatic nitrogens is 2. The van der Waals surface area contributed by atoms with Gasteiger partial charge in [0, 0.05) is 42.8 Å². The Bertz CT molecular complexity index is 1180. The van der Waals surface area contributed by atoms with Gasteiger partial charge in [0.25, 0.3) is 0 Å². The normalized spacial score (nSPS) is 21.6. The molecule has 3 atom stereocenters. The van der Waals surface area contributed by atoms with Crippen molar-refractivity contribution in [2.45, 2.75) is 19.4 Å². The van der Waals surface area contributed by atoms with Gasteiger partial charge in [-0.2, -0.15) is 0 Å². The first-order chi connectivity index (χ1) is 16.4. The Kier molecular flexibility index (Phi) is 6.27. The minimum Gasteiger partial charge on any atom is -0.493 e. The smallest absolute Gasteiger partial charge is 0.162 e. The number of piperidine rings is 1. The summed E-state index contributed by atoms with van der Waals surface area (Å²) in [4.78, 5) is 13.7. The highest BCUT2D eigenvalue weighted by molar-refractivity contribution is 5.93. The maximum atomic E-state index is 13.7. The number of nitrogens with one attached hydrogen (secondary N) is 1. The van der Waals surface area contributed by atoms with E-state index in [9.17, 15) is 4.39 Å². The summed E-state index contributed by atoms with van der Waals surface area (Å²) in [5.74, 6) is 3.39. The molecule has 1 aliphatic carbocycles. The topological polar surface area (TPSA) is 62.8 Å². The molecule has 8 heteroatoms. The first-order valence-electron chi connectivity index (χ1n) is 11.8. The second-order valence-corrected chi connectivity index (χ2v) is 9.57. The molecular formula is C26H32FN5O2. The van der Waals surface area contributed by atoms with E-state index in [1.54, 1.807) is 26.2 Å². The predicted octanol–water partition coefficient (Wildman–Crippen LogP) is 4.09. The monoisotopic (exact) mass is 465 g/mol. The second-order valence-electron chi connectivity index (χ2n) is 9.57. The van der Waals surface area contributed by atoms with E-state index < -0.39 is 0 Å². The summed E-state index contributed by atoms with van der Waals surface area (Å²) in [6.45, 7) is 5.78. The van der Waals surface area contributed by atoms with E-state index >= 15 is 0 Å². The number of hydrogen-bond acceptors (Lipinski definition) is 7. The zero-order valence-electron chi connectivity index (χ0n) is 20.2. The maximum absolute atomic E-state index is 13.7. The van der Waals surface area contributed by atoms with Gasteiger partial charge in [0.2, 0.25) is 0 Å². The van der Waals surface area contributed by atoms with E-state index in [0.29, 0.717) is 29.5 Å². The molecule has 1 N–H and O–H groups in total. The van der Waals surface area contributed by atoms with Crippen LogP contribution in [0.25, 0.3) is 10.9 Å². The fourth-order valence-corrected chi connectivity index (χ4v) is 5.30. The summed E-state index contributed by atoms with van der Waals surface area (Å²) in [5.41, 5.74) is 2.08. The van der Waals surface area contributed by atoms with Crippen molar-refractivity contribution in [1.82, 2.24) is 19.8 Å². The lowest BCUT2D eigenvalue weighted by molar-refractivity contribution is 0.222. The van der Waals surface area contributed by atoms with Crippen LogP contribution in [0.15, 0.2) is 36.7 Å². The lowest BCUT2D eigenvalue weighted by atomic mass is 10.2. The van der Waals surface area contributed by atoms with Gasteiger partial charge in [0.05, 0.1) is 19.2 Å². The highest BCUT2D eigenvalue weighted by Crippen LogP contribution is 2.47. The van der Waals surface area contributed by atoms with Crippen molar-refractivity contribution in [3.63, 3.8) is 0 Å². The molecule has 180 valence electrons. The first-order valence-corrected chi connectivity index (χ1v) is 11.8. The van der Waals surface area contributed by atoms with Gasteiger partial charge in [0.15, 0.2) is 11.5 Å². The third-order valence-corrected chi connectivity index (χ3v) is 7.04. The largest absolute Gasteiger partial charge is 0.493 e. The molecule has 34 heavy (non-hydrogen) atoms. The standard InChI is InChI=1S/C26H32FN5O2/c1-16-10-17(6-7-21(16)27)30-26-18-11-24(23(33-4)12-22(18)28-15-29-26)34-9-5-8-32-13-19-20(14-32)25(19)31(2)3/h6-7,10-12,15,19-20,25H,5,8-9,13-14H2,1-4H3,(H,28,29,30)/t19-,20+,25?. The molecule has 1 unspecified atom stereocenters. The van der Waals surface area contributed by atoms with Crippen molar-refractivity contribution in [2.24, 2.45) is 11.8 Å². The molecule has 2 aromatic carbocycles. The number of benzene rings is 2. The molecule has 0 radical (unpaired) electrons. The molecule has 2 heterocycles. The van der Waals surface area contributed by atoms with Gasteiger partial charge in [-0.25, -0.2) is 14.4 Å². The minimum absolute atomic E-state index is 0.234. The van der Waals surface area contributed by atoms with Crippen molar-refractivity contribution >= 4 is 22.4 Å². The number of ether oxygens (including phenoxy) is 2. The number of likely N-dealkylation sites (tertiary alicyclic amines) is 1. The number of rotatable bonds is 9. The quantitative estimate of drug-likeness (QED) is 0.478. The van der Waals surface area contributed by atoms with Crippen LogP contribution in [-0.4, -0.2) is 73.3 Å². The van der Waals surface area contributed by atoms with E-state index in [-0.39, 0.29) is 5.82 Å². The summed E-state index contributed by atoms with van der Waals surface area (Å²) >= 11 is 0. The van der Waals surface area contributed by atoms with Crippen molar-refractivity contribution in [1.29, 1.82) is 0 Å². The number of methoxy groups -OCH3 is 1. The number of halogens is 1. The summed E-state index contributed by atoms with van der Waals surface area (Å²) in [6, 6.07) is 9.46. The average Bonchev–Trinajstić information content (AvgIpc) is 3.34. The lowest BCUT2D eigenvalue weighted by Crippen LogP contribution is -2.31. The van der Waals surface area contributed by atoms with Crippen LogP contribution in [-0.2, 0) is 0 Å². The van der Waals surface area contributed by atoms with Crippen LogP contribution in [0.4, 0.5) is 15.9 Å². The van der Waals surface area contributed by atoms with Gasteiger partial charge in [-0.1, -0.05) is 0 Å². The Morgan fingerprint density at radius 2 is 1.91 bits per heavy atom. The molecule has 3 aromatic rings. The number of fused-ring (bicyclic) bond motifs is 2. The van der Waals surface area contributed by atoms with Crippen molar-refractivity contribution in [3.8, 4) is 11.5 Å². The fraction of sp³-hybridized carbons (Fsp3) is 0.462. The molecule has 7 nitrogen and oxygen atoms in total. The van der Waals surface area contributed by atoms with Gasteiger partial charge < -0.3 is 24.6 Å². The molecule has 0 spiro atoms. The van der Waals surface area contributed by atoms with E-state index in [1.165, 1.54) is 25.5 Å². The number of hydrogen-bond donors (Lipinski definition) is 1. The summed E-state index contributed by atoms with van der Waals surface area (Å²) in [5, 5.41) is 4.09. The van der Waals surface area contributed by atoms with Crippen molar-refractivity contribution < 1.29 is 13.9 Å². The van der Waals surface area contributed by atoms with Gasteiger partial charge in [0.1, 0.15) is 18.0 Å². The average molecular weight is 466 g/mol. The zero-order valence-corrected chi connectivity index (χ0v) is 20.2. The van der Waals surface area contributed by atoms with Gasteiger partial charge >= 0.3 is 0 Å². The van der Waals surface area contributed by atoms with Crippen LogP contribution in [0.3, 0.4) is 0 Å². The van der Waals surface area contributed by atoms with Gasteiger partial charge in [-0.3, -0.25) is 0 Å². The molecule has 1 saturated heterocycles. The summed E-state index contributed by atoms with van der Waals surface area (Å²) in [7, 11) is 6.00. The maximum Gasteiger partial charge on any atom is 0.162 e. The SMILES string of the molecule is COc1cc2ncnc(Nc3ccc(F)c(C)c3)c2cc1OCCCN1C[C@@H]2C(N(C)C)[C@@H]2C1. The van der Waals surface area contributed by atoms with Crippen molar-refractivity contribution in [3.05, 3.63) is 48.0 Å². The fourth-order valence-electron chi connectivity index (χ4n) is 5.30. The Labute approximate surface area is 199 Å². The predicted molar refractivity (Wildman–Crippen MR) is 132 cm³/mol. The lowest BCUT2D eigenvalue weighted by Gasteiger charge is -2.22. The third kappa shape index (κ3) is 4.52. The molecule has 2 aliphatic rings. The third-order valence-electron chi connectivity index (χ3n) is 7.04. The van der Waals surface area contributed by atoms with Crippen LogP contribution in [0.5, 0.6) is 11.5 Å². The molecule has 1 saturated carbocycles. The van der Waals surface area contributed by atoms with E-state index in [0.717, 1.165) is 47.4 Å². The van der Waals surface area contributed by atoms with E-state index in [1.807, 2.05) is 12.1 Å². The number of aryl methyl sites for hydroxylation is 1. The molecule has 2 fully saturated rings. The molecular weight excluding hydrogens is 433 g/mol. The summed E-state index contributed by atoms with van der Waals surface area (Å²) < 4.78 is 25.4. The highest BCUT2D eigenvalue weighted by atomic mass is 19.1. The van der Waals surface area contributed by atoms with E-state index in [4.69, 9.17) is 9.47 Å². The highest BCUT2D eigenvalue weighted by Gasteiger charge is 2.56. The Balaban J connectivity index is 1.24. The van der Waals surface area contributed by atoms with Crippen molar-refractivity contribution in [2.75, 3.05) is 52.8 Å². The molecule has 1 aliphatic heterocycles. The van der Waals surface area contributed by atoms with Crippen LogP contribution >= 0.6 is 0 Å². The number of nitrogens with zero attached hydrogens (tertiary/aromatic N) is 4. The first kappa shape index (κ1) is 22.8. The van der Waals surface area contributed by atoms with Gasteiger partial charge in [-0.15, -0.1) is 0 Å². The van der Waals surface area contributed by atoms with Gasteiger partial charge in [-0.05, 0) is 69.1 Å². The molecule has 0 bridgehead atoms. The Morgan fingerprint density at radius 3 is 2.62 bits per heavy atom. The Morgan fingerprint density at radius 1 is 1.12 bits per heavy atom. The number of anilines is 2. The zero-order chi connectivity index (χ0) is 23.8. The molecule has 0 amide bonds. The van der Waals surface area contributed by atoms with Crippen LogP contribution in [0.1, 0.15) is 12.0 Å². The van der Waals surface area contributed by atoms with E-state index in [2.05, 4.69) is 39.2 Å². The molecule has 1 aromatic heterocycles. The van der Waals surface area contributed by atoms with Crippen LogP contribution < -0.4 is 14.8 Å².